The minimum absolute atomic E-state index is 0.250. The largest absolute Gasteiger partial charge is 0.483 e. The van der Waals surface area contributed by atoms with Gasteiger partial charge in [-0.3, -0.25) is 9.59 Å². The van der Waals surface area contributed by atoms with Crippen LogP contribution in [0.5, 0.6) is 0 Å². The van der Waals surface area contributed by atoms with Crippen LogP contribution in [-0.4, -0.2) is 28.3 Å². The van der Waals surface area contributed by atoms with E-state index in [2.05, 4.69) is 0 Å². The lowest BCUT2D eigenvalue weighted by atomic mass is 11.6. The van der Waals surface area contributed by atoms with E-state index in [1.165, 1.54) is 0 Å². The molecule has 0 aliphatic rings. The monoisotopic (exact) mass is 135 g/mol. The Balaban J connectivity index is -0.0000000600. The minimum Gasteiger partial charge on any atom is -0.483 e. The SMILES string of the molecule is N#CO.O=CO.O=CO. The maximum atomic E-state index is 8.36. The van der Waals surface area contributed by atoms with Crippen molar-refractivity contribution in [3.63, 3.8) is 0 Å². The van der Waals surface area contributed by atoms with Gasteiger partial charge < -0.3 is 15.3 Å². The van der Waals surface area contributed by atoms with Crippen molar-refractivity contribution in [2.75, 3.05) is 0 Å². The summed E-state index contributed by atoms with van der Waals surface area (Å²) in [6.07, 6.45) is 0.750. The van der Waals surface area contributed by atoms with Crippen molar-refractivity contribution in [2.24, 2.45) is 0 Å². The Morgan fingerprint density at radius 1 is 1.22 bits per heavy atom. The molecule has 0 rings (SSSR count). The molecule has 6 nitrogen and oxygen atoms in total. The van der Waals surface area contributed by atoms with E-state index < -0.39 is 0 Å². The molecule has 0 bridgehead atoms. The normalized spacial score (nSPS) is 3.44. The summed E-state index contributed by atoms with van der Waals surface area (Å²) in [6, 6.07) is 0. The van der Waals surface area contributed by atoms with Crippen LogP contribution in [-0.2, 0) is 9.59 Å². The molecule has 0 aliphatic carbocycles. The average Bonchev–Trinajstić information content (AvgIpc) is 1.70. The Labute approximate surface area is 50.6 Å². The van der Waals surface area contributed by atoms with E-state index in [1.54, 1.807) is 0 Å². The fourth-order valence-corrected chi connectivity index (χ4v) is 0. The van der Waals surface area contributed by atoms with Gasteiger partial charge in [0.25, 0.3) is 19.2 Å². The third-order valence-corrected chi connectivity index (χ3v) is 0. The average molecular weight is 135 g/mol. The van der Waals surface area contributed by atoms with Crippen LogP contribution in [0.4, 0.5) is 0 Å². The van der Waals surface area contributed by atoms with E-state index in [0.717, 1.165) is 6.26 Å². The Hall–Kier alpha value is -1.77. The van der Waals surface area contributed by atoms with Gasteiger partial charge in [0.2, 0.25) is 0 Å². The maximum Gasteiger partial charge on any atom is 0.290 e. The topological polar surface area (TPSA) is 119 Å². The molecule has 0 aliphatic heterocycles. The number of rotatable bonds is 0. The van der Waals surface area contributed by atoms with Crippen LogP contribution in [0.2, 0.25) is 0 Å². The number of hydrogen-bond acceptors (Lipinski definition) is 4. The van der Waals surface area contributed by atoms with Crippen molar-refractivity contribution in [3.8, 4) is 6.26 Å². The van der Waals surface area contributed by atoms with Gasteiger partial charge in [-0.1, -0.05) is 0 Å². The highest BCUT2D eigenvalue weighted by molar-refractivity contribution is 5.32. The van der Waals surface area contributed by atoms with Crippen molar-refractivity contribution < 1.29 is 24.9 Å². The van der Waals surface area contributed by atoms with E-state index in [1.807, 2.05) is 0 Å². The second-order valence-corrected chi connectivity index (χ2v) is 0.311. The molecule has 0 heterocycles. The van der Waals surface area contributed by atoms with Gasteiger partial charge in [0.05, 0.1) is 0 Å². The van der Waals surface area contributed by atoms with Gasteiger partial charge in [-0.2, -0.15) is 5.26 Å². The van der Waals surface area contributed by atoms with E-state index in [9.17, 15) is 0 Å². The Bertz CT molecular complexity index is 78.7. The van der Waals surface area contributed by atoms with Gasteiger partial charge in [-0.25, -0.2) is 0 Å². The standard InChI is InChI=1S/CHNO.2CH2O2/c3*2-1-3/h3H;2*1H,(H,2,3). The molecular weight excluding hydrogens is 130 g/mol. The molecule has 0 unspecified atom stereocenters. The molecule has 0 atom stereocenters. The molecule has 0 saturated heterocycles. The summed E-state index contributed by atoms with van der Waals surface area (Å²) >= 11 is 0. The number of carbonyl (C=O) groups is 2. The second kappa shape index (κ2) is 113. The number of nitriles is 1. The molecule has 0 saturated carbocycles. The minimum atomic E-state index is -0.250. The van der Waals surface area contributed by atoms with Crippen LogP contribution in [0.1, 0.15) is 0 Å². The summed E-state index contributed by atoms with van der Waals surface area (Å²) < 4.78 is 0. The molecular formula is C3H5NO5. The lowest BCUT2D eigenvalue weighted by Gasteiger charge is -1.34. The molecule has 0 aromatic rings. The Morgan fingerprint density at radius 2 is 1.22 bits per heavy atom. The zero-order valence-corrected chi connectivity index (χ0v) is 4.26. The molecule has 9 heavy (non-hydrogen) atoms. The highest BCUT2D eigenvalue weighted by Gasteiger charge is 1.22. The maximum absolute atomic E-state index is 8.36. The molecule has 6 heteroatoms. The molecule has 0 radical (unpaired) electrons. The lowest BCUT2D eigenvalue weighted by Crippen LogP contribution is -1.49. The van der Waals surface area contributed by atoms with Gasteiger partial charge in [-0.15, -0.1) is 0 Å². The molecule has 3 N–H and O–H groups in total. The number of hydrogen-bond donors (Lipinski definition) is 3. The Morgan fingerprint density at radius 3 is 1.22 bits per heavy atom. The molecule has 0 aromatic carbocycles. The number of aliphatic hydroxyl groups is 1. The summed E-state index contributed by atoms with van der Waals surface area (Å²) in [7, 11) is 0. The van der Waals surface area contributed by atoms with Gasteiger partial charge in [0.15, 0.2) is 0 Å². The van der Waals surface area contributed by atoms with Crippen LogP contribution in [0.3, 0.4) is 0 Å². The summed E-state index contributed by atoms with van der Waals surface area (Å²) in [5.74, 6) is 0. The van der Waals surface area contributed by atoms with E-state index >= 15 is 0 Å². The molecule has 0 fully saturated rings. The van der Waals surface area contributed by atoms with E-state index in [-0.39, 0.29) is 12.9 Å². The van der Waals surface area contributed by atoms with Crippen molar-refractivity contribution in [2.45, 2.75) is 0 Å². The zero-order valence-electron chi connectivity index (χ0n) is 4.26. The highest BCUT2D eigenvalue weighted by atomic mass is 16.3. The van der Waals surface area contributed by atoms with Crippen LogP contribution in [0, 0.1) is 11.5 Å². The fourth-order valence-electron chi connectivity index (χ4n) is 0. The second-order valence-electron chi connectivity index (χ2n) is 0.311. The number of nitrogens with zero attached hydrogens (tertiary/aromatic N) is 1. The lowest BCUT2D eigenvalue weighted by molar-refractivity contribution is -0.123. The van der Waals surface area contributed by atoms with Crippen LogP contribution >= 0.6 is 0 Å². The predicted molar refractivity (Wildman–Crippen MR) is 24.9 cm³/mol. The van der Waals surface area contributed by atoms with E-state index in [0.29, 0.717) is 0 Å². The first-order chi connectivity index (χ1) is 4.24. The van der Waals surface area contributed by atoms with Crippen LogP contribution in [0.25, 0.3) is 0 Å². The first-order valence-corrected chi connectivity index (χ1v) is 1.44. The summed E-state index contributed by atoms with van der Waals surface area (Å²) in [5, 5.41) is 27.5. The molecule has 0 amide bonds. The van der Waals surface area contributed by atoms with Gasteiger partial charge >= 0.3 is 0 Å². The summed E-state index contributed by atoms with van der Waals surface area (Å²) in [4.78, 5) is 16.7. The van der Waals surface area contributed by atoms with Crippen molar-refractivity contribution in [1.82, 2.24) is 0 Å². The number of carboxylic acid groups (broad SMARTS) is 2. The molecule has 52 valence electrons. The summed E-state index contributed by atoms with van der Waals surface area (Å²) in [5.41, 5.74) is 0. The van der Waals surface area contributed by atoms with Crippen molar-refractivity contribution >= 4 is 12.9 Å². The van der Waals surface area contributed by atoms with Crippen molar-refractivity contribution in [1.29, 1.82) is 5.26 Å². The molecule has 0 spiro atoms. The predicted octanol–water partition coefficient (Wildman–Crippen LogP) is -0.758. The molecule has 0 aromatic heterocycles. The third kappa shape index (κ3) is 35.6. The summed E-state index contributed by atoms with van der Waals surface area (Å²) in [6.45, 7) is -0.500. The third-order valence-electron chi connectivity index (χ3n) is 0. The first kappa shape index (κ1) is 15.7. The van der Waals surface area contributed by atoms with Gasteiger partial charge in [0, 0.05) is 0 Å². The quantitative estimate of drug-likeness (QED) is 0.296. The highest BCUT2D eigenvalue weighted by Crippen LogP contribution is 1.06. The first-order valence-electron chi connectivity index (χ1n) is 1.44. The van der Waals surface area contributed by atoms with E-state index in [4.69, 9.17) is 30.2 Å². The zero-order chi connectivity index (χ0) is 8.12. The number of aliphatic hydroxyl groups excluding tert-OH is 1. The Kier molecular flexibility index (Phi) is 196. The van der Waals surface area contributed by atoms with Crippen molar-refractivity contribution in [3.05, 3.63) is 0 Å². The van der Waals surface area contributed by atoms with Crippen LogP contribution < -0.4 is 0 Å². The van der Waals surface area contributed by atoms with Gasteiger partial charge in [0.1, 0.15) is 0 Å². The van der Waals surface area contributed by atoms with Crippen LogP contribution in [0.15, 0.2) is 0 Å². The smallest absolute Gasteiger partial charge is 0.290 e. The fraction of sp³-hybridized carbons (Fsp3) is 0. The van der Waals surface area contributed by atoms with Gasteiger partial charge in [-0.05, 0) is 0 Å².